The first-order valence-electron chi connectivity index (χ1n) is 11.0. The molecule has 3 heterocycles. The monoisotopic (exact) mass is 425 g/mol. The molecule has 0 aliphatic carbocycles. The summed E-state index contributed by atoms with van der Waals surface area (Å²) < 4.78 is 0. The molecule has 0 unspecified atom stereocenters. The Bertz CT molecular complexity index is 860. The molecule has 2 saturated heterocycles. The van der Waals surface area contributed by atoms with Crippen LogP contribution >= 0.6 is 11.3 Å². The second kappa shape index (κ2) is 8.90. The minimum absolute atomic E-state index is 0.110. The second-order valence-corrected chi connectivity index (χ2v) is 9.60. The highest BCUT2D eigenvalue weighted by Crippen LogP contribution is 2.35. The molecule has 0 saturated carbocycles. The molecule has 1 N–H and O–H groups in total. The van der Waals surface area contributed by atoms with Gasteiger partial charge in [0.25, 0.3) is 5.91 Å². The van der Waals surface area contributed by atoms with E-state index >= 15 is 0 Å². The largest absolute Gasteiger partial charge is 0.338 e. The lowest BCUT2D eigenvalue weighted by molar-refractivity contribution is -0.134. The molecule has 2 amide bonds. The van der Waals surface area contributed by atoms with Crippen molar-refractivity contribution in [2.75, 3.05) is 19.6 Å². The molecule has 0 bridgehead atoms. The van der Waals surface area contributed by atoms with Crippen LogP contribution in [0.2, 0.25) is 0 Å². The Morgan fingerprint density at radius 3 is 2.57 bits per heavy atom. The van der Waals surface area contributed by atoms with Gasteiger partial charge in [-0.3, -0.25) is 14.9 Å². The maximum atomic E-state index is 13.4. The minimum Gasteiger partial charge on any atom is -0.338 e. The molecule has 2 aromatic rings. The SMILES string of the molecule is CC[C@H](C)CN1C(=O)[C@H](Cc2ccccc2)NC12CCN(C(=O)c1cccs1)CC2. The van der Waals surface area contributed by atoms with Crippen molar-refractivity contribution >= 4 is 23.2 Å². The number of hydrogen-bond donors (Lipinski definition) is 1. The molecule has 4 rings (SSSR count). The fourth-order valence-electron chi connectivity index (χ4n) is 4.61. The van der Waals surface area contributed by atoms with Gasteiger partial charge in [-0.25, -0.2) is 0 Å². The number of carbonyl (C=O) groups excluding carboxylic acids is 2. The van der Waals surface area contributed by atoms with Crippen molar-refractivity contribution in [3.63, 3.8) is 0 Å². The van der Waals surface area contributed by atoms with E-state index in [9.17, 15) is 9.59 Å². The van der Waals surface area contributed by atoms with Gasteiger partial charge in [-0.1, -0.05) is 56.7 Å². The number of amides is 2. The smallest absolute Gasteiger partial charge is 0.263 e. The van der Waals surface area contributed by atoms with Gasteiger partial charge in [-0.2, -0.15) is 0 Å². The van der Waals surface area contributed by atoms with Crippen molar-refractivity contribution in [3.05, 3.63) is 58.3 Å². The summed E-state index contributed by atoms with van der Waals surface area (Å²) in [6.45, 7) is 6.50. The van der Waals surface area contributed by atoms with Gasteiger partial charge in [0.05, 0.1) is 16.6 Å². The molecular formula is C24H31N3O2S. The number of piperidine rings is 1. The van der Waals surface area contributed by atoms with Crippen LogP contribution in [0, 0.1) is 5.92 Å². The van der Waals surface area contributed by atoms with Crippen LogP contribution in [-0.4, -0.2) is 53.0 Å². The lowest BCUT2D eigenvalue weighted by Gasteiger charge is -2.45. The molecule has 6 heteroatoms. The molecule has 2 aliphatic heterocycles. The third-order valence-corrected chi connectivity index (χ3v) is 7.47. The van der Waals surface area contributed by atoms with Gasteiger partial charge in [0.2, 0.25) is 5.91 Å². The van der Waals surface area contributed by atoms with Crippen molar-refractivity contribution in [1.82, 2.24) is 15.1 Å². The second-order valence-electron chi connectivity index (χ2n) is 8.65. The van der Waals surface area contributed by atoms with E-state index in [0.29, 0.717) is 25.4 Å². The summed E-state index contributed by atoms with van der Waals surface area (Å²) in [4.78, 5) is 31.0. The van der Waals surface area contributed by atoms with Crippen LogP contribution in [0.4, 0.5) is 0 Å². The van der Waals surface area contributed by atoms with Crippen LogP contribution in [0.1, 0.15) is 48.3 Å². The molecule has 5 nitrogen and oxygen atoms in total. The highest BCUT2D eigenvalue weighted by molar-refractivity contribution is 7.12. The Morgan fingerprint density at radius 1 is 1.20 bits per heavy atom. The third-order valence-electron chi connectivity index (χ3n) is 6.61. The average molecular weight is 426 g/mol. The van der Waals surface area contributed by atoms with Gasteiger partial charge >= 0.3 is 0 Å². The zero-order chi connectivity index (χ0) is 21.1. The predicted molar refractivity (Wildman–Crippen MR) is 120 cm³/mol. The molecule has 160 valence electrons. The highest BCUT2D eigenvalue weighted by Gasteiger charge is 2.51. The van der Waals surface area contributed by atoms with Crippen LogP contribution in [0.15, 0.2) is 47.8 Å². The summed E-state index contributed by atoms with van der Waals surface area (Å²) in [6, 6.07) is 13.8. The lowest BCUT2D eigenvalue weighted by atomic mass is 9.94. The molecule has 1 aromatic carbocycles. The van der Waals surface area contributed by atoms with Crippen LogP contribution in [-0.2, 0) is 11.2 Å². The van der Waals surface area contributed by atoms with E-state index in [1.165, 1.54) is 16.9 Å². The molecule has 1 aromatic heterocycles. The van der Waals surface area contributed by atoms with E-state index in [-0.39, 0.29) is 23.5 Å². The molecule has 2 fully saturated rings. The van der Waals surface area contributed by atoms with Crippen molar-refractivity contribution in [3.8, 4) is 0 Å². The number of thiophene rings is 1. The van der Waals surface area contributed by atoms with Crippen molar-refractivity contribution in [2.24, 2.45) is 5.92 Å². The maximum absolute atomic E-state index is 13.4. The maximum Gasteiger partial charge on any atom is 0.263 e. The van der Waals surface area contributed by atoms with E-state index in [1.54, 1.807) is 0 Å². The number of likely N-dealkylation sites (tertiary alicyclic amines) is 1. The van der Waals surface area contributed by atoms with Crippen molar-refractivity contribution in [2.45, 2.75) is 51.2 Å². The van der Waals surface area contributed by atoms with Gasteiger partial charge in [0.1, 0.15) is 0 Å². The summed E-state index contributed by atoms with van der Waals surface area (Å²) in [6.07, 6.45) is 3.30. The molecule has 0 radical (unpaired) electrons. The van der Waals surface area contributed by atoms with Crippen LogP contribution in [0.25, 0.3) is 0 Å². The average Bonchev–Trinajstić information content (AvgIpc) is 3.39. The first kappa shape index (κ1) is 21.1. The van der Waals surface area contributed by atoms with Crippen LogP contribution < -0.4 is 5.32 Å². The number of rotatable bonds is 6. The first-order chi connectivity index (χ1) is 14.5. The van der Waals surface area contributed by atoms with E-state index in [2.05, 4.69) is 36.2 Å². The lowest BCUT2D eigenvalue weighted by Crippen LogP contribution is -2.60. The Balaban J connectivity index is 1.50. The number of benzene rings is 1. The Morgan fingerprint density at radius 2 is 1.93 bits per heavy atom. The highest BCUT2D eigenvalue weighted by atomic mass is 32.1. The summed E-state index contributed by atoms with van der Waals surface area (Å²) >= 11 is 1.49. The quantitative estimate of drug-likeness (QED) is 0.767. The van der Waals surface area contributed by atoms with Crippen molar-refractivity contribution in [1.29, 1.82) is 0 Å². The molecule has 1 spiro atoms. The topological polar surface area (TPSA) is 52.7 Å². The summed E-state index contributed by atoms with van der Waals surface area (Å²) in [7, 11) is 0. The standard InChI is InChI=1S/C24H31N3O2S/c1-3-18(2)17-27-22(28)20(16-19-8-5-4-6-9-19)25-24(27)11-13-26(14-12-24)23(29)21-10-7-15-30-21/h4-10,15,18,20,25H,3,11-14,16-17H2,1-2H3/t18-,20-/m0/s1. The Hall–Kier alpha value is -2.18. The third kappa shape index (κ3) is 4.16. The van der Waals surface area contributed by atoms with Crippen LogP contribution in [0.5, 0.6) is 0 Å². The molecule has 30 heavy (non-hydrogen) atoms. The van der Waals surface area contributed by atoms with Gasteiger partial charge in [-0.15, -0.1) is 11.3 Å². The van der Waals surface area contributed by atoms with Crippen LogP contribution in [0.3, 0.4) is 0 Å². The zero-order valence-corrected chi connectivity index (χ0v) is 18.7. The number of nitrogens with one attached hydrogen (secondary N) is 1. The van der Waals surface area contributed by atoms with Crippen molar-refractivity contribution < 1.29 is 9.59 Å². The predicted octanol–water partition coefficient (Wildman–Crippen LogP) is 3.77. The molecule has 2 atom stereocenters. The summed E-state index contributed by atoms with van der Waals surface area (Å²) in [5.41, 5.74) is 0.834. The van der Waals surface area contributed by atoms with E-state index in [4.69, 9.17) is 0 Å². The van der Waals surface area contributed by atoms with Gasteiger partial charge in [0.15, 0.2) is 0 Å². The van der Waals surface area contributed by atoms with E-state index < -0.39 is 0 Å². The fraction of sp³-hybridized carbons (Fsp3) is 0.500. The summed E-state index contributed by atoms with van der Waals surface area (Å²) in [5.74, 6) is 0.768. The Kier molecular flexibility index (Phi) is 6.25. The van der Waals surface area contributed by atoms with Gasteiger partial charge in [0, 0.05) is 32.5 Å². The zero-order valence-electron chi connectivity index (χ0n) is 17.8. The minimum atomic E-state index is -0.341. The number of nitrogens with zero attached hydrogens (tertiary/aromatic N) is 2. The number of carbonyl (C=O) groups is 2. The fourth-order valence-corrected chi connectivity index (χ4v) is 5.30. The number of hydrogen-bond acceptors (Lipinski definition) is 4. The van der Waals surface area contributed by atoms with Gasteiger partial charge < -0.3 is 9.80 Å². The van der Waals surface area contributed by atoms with Gasteiger partial charge in [-0.05, 0) is 29.3 Å². The Labute approximate surface area is 183 Å². The normalized spacial score (nSPS) is 21.9. The van der Waals surface area contributed by atoms with E-state index in [1.807, 2.05) is 40.6 Å². The first-order valence-corrected chi connectivity index (χ1v) is 11.9. The van der Waals surface area contributed by atoms with E-state index in [0.717, 1.165) is 30.7 Å². The molecule has 2 aliphatic rings. The summed E-state index contributed by atoms with van der Waals surface area (Å²) in [5, 5.41) is 5.66. The molecular weight excluding hydrogens is 394 g/mol.